The van der Waals surface area contributed by atoms with Crippen molar-refractivity contribution in [1.82, 2.24) is 0 Å². The van der Waals surface area contributed by atoms with E-state index in [0.29, 0.717) is 23.1 Å². The molecule has 1 heterocycles. The SMILES string of the molecule is Cl.Nc1ccc(Cl)c2c1[C@@H](N)CCO2. The minimum absolute atomic E-state index is 0. The van der Waals surface area contributed by atoms with E-state index in [0.717, 1.165) is 12.0 Å². The third kappa shape index (κ3) is 1.75. The fourth-order valence-electron chi connectivity index (χ4n) is 1.55. The summed E-state index contributed by atoms with van der Waals surface area (Å²) in [6, 6.07) is 3.44. The van der Waals surface area contributed by atoms with E-state index in [9.17, 15) is 0 Å². The summed E-state index contributed by atoms with van der Waals surface area (Å²) in [6.07, 6.45) is 0.789. The van der Waals surface area contributed by atoms with Crippen molar-refractivity contribution < 1.29 is 4.74 Å². The van der Waals surface area contributed by atoms with Crippen LogP contribution in [0.4, 0.5) is 5.69 Å². The topological polar surface area (TPSA) is 61.3 Å². The molecule has 1 aliphatic heterocycles. The van der Waals surface area contributed by atoms with Crippen LogP contribution in [0.3, 0.4) is 0 Å². The van der Waals surface area contributed by atoms with Crippen molar-refractivity contribution in [2.75, 3.05) is 12.3 Å². The number of fused-ring (bicyclic) bond motifs is 1. The molecule has 0 bridgehead atoms. The maximum atomic E-state index is 5.94. The van der Waals surface area contributed by atoms with Gasteiger partial charge in [0.15, 0.2) is 0 Å². The summed E-state index contributed by atoms with van der Waals surface area (Å²) in [5.74, 6) is 0.653. The number of benzene rings is 1. The van der Waals surface area contributed by atoms with Gasteiger partial charge in [0.2, 0.25) is 0 Å². The van der Waals surface area contributed by atoms with Gasteiger partial charge in [-0.1, -0.05) is 11.6 Å². The average Bonchev–Trinajstić information content (AvgIpc) is 2.12. The van der Waals surface area contributed by atoms with Crippen molar-refractivity contribution in [2.24, 2.45) is 5.73 Å². The lowest BCUT2D eigenvalue weighted by molar-refractivity contribution is 0.270. The first-order chi connectivity index (χ1) is 6.20. The van der Waals surface area contributed by atoms with Crippen LogP contribution >= 0.6 is 24.0 Å². The lowest BCUT2D eigenvalue weighted by atomic mass is 10.00. The van der Waals surface area contributed by atoms with Gasteiger partial charge < -0.3 is 16.2 Å². The Labute approximate surface area is 93.8 Å². The van der Waals surface area contributed by atoms with Crippen molar-refractivity contribution in [3.05, 3.63) is 22.7 Å². The van der Waals surface area contributed by atoms with Crippen LogP contribution in [0.2, 0.25) is 5.02 Å². The molecule has 0 aliphatic carbocycles. The van der Waals surface area contributed by atoms with Crippen molar-refractivity contribution in [3.8, 4) is 5.75 Å². The molecule has 0 aromatic heterocycles. The van der Waals surface area contributed by atoms with Crippen molar-refractivity contribution in [2.45, 2.75) is 12.5 Å². The van der Waals surface area contributed by atoms with Gasteiger partial charge in [-0.15, -0.1) is 12.4 Å². The Morgan fingerprint density at radius 3 is 2.79 bits per heavy atom. The Hall–Kier alpha value is -0.640. The number of nitrogens with two attached hydrogens (primary N) is 2. The van der Waals surface area contributed by atoms with Gasteiger partial charge in [-0.2, -0.15) is 0 Å². The molecule has 5 heteroatoms. The summed E-state index contributed by atoms with van der Waals surface area (Å²) in [4.78, 5) is 0. The Morgan fingerprint density at radius 2 is 2.14 bits per heavy atom. The average molecular weight is 235 g/mol. The molecule has 0 amide bonds. The largest absolute Gasteiger partial charge is 0.492 e. The quantitative estimate of drug-likeness (QED) is 0.677. The van der Waals surface area contributed by atoms with Crippen molar-refractivity contribution in [3.63, 3.8) is 0 Å². The molecule has 1 aromatic carbocycles. The number of hydrogen-bond donors (Lipinski definition) is 2. The summed E-state index contributed by atoms with van der Waals surface area (Å²) in [5, 5.41) is 0.583. The highest BCUT2D eigenvalue weighted by Crippen LogP contribution is 2.39. The van der Waals surface area contributed by atoms with Gasteiger partial charge in [-0.25, -0.2) is 0 Å². The number of rotatable bonds is 0. The first kappa shape index (κ1) is 11.4. The molecule has 0 fully saturated rings. The molecule has 14 heavy (non-hydrogen) atoms. The standard InChI is InChI=1S/C9H11ClN2O.ClH/c10-5-1-2-6(11)8-7(12)3-4-13-9(5)8;/h1-2,7H,3-4,11-12H2;1H/t7-;/m0./s1. The van der Waals surface area contributed by atoms with Gasteiger partial charge in [0.1, 0.15) is 5.75 Å². The third-order valence-corrected chi connectivity index (χ3v) is 2.53. The minimum Gasteiger partial charge on any atom is -0.492 e. The van der Waals surface area contributed by atoms with E-state index < -0.39 is 0 Å². The minimum atomic E-state index is -0.0533. The molecule has 1 aromatic rings. The molecular weight excluding hydrogens is 223 g/mol. The molecule has 1 atom stereocenters. The van der Waals surface area contributed by atoms with Gasteiger partial charge >= 0.3 is 0 Å². The Morgan fingerprint density at radius 1 is 1.43 bits per heavy atom. The van der Waals surface area contributed by atoms with Gasteiger partial charge in [0.05, 0.1) is 11.6 Å². The molecule has 78 valence electrons. The molecule has 0 radical (unpaired) electrons. The number of hydrogen-bond acceptors (Lipinski definition) is 3. The zero-order valence-electron chi connectivity index (χ0n) is 7.50. The van der Waals surface area contributed by atoms with Crippen LogP contribution in [0.5, 0.6) is 5.75 Å². The van der Waals surface area contributed by atoms with Gasteiger partial charge in [-0.3, -0.25) is 0 Å². The highest BCUT2D eigenvalue weighted by atomic mass is 35.5. The van der Waals surface area contributed by atoms with Crippen LogP contribution < -0.4 is 16.2 Å². The van der Waals surface area contributed by atoms with E-state index in [2.05, 4.69) is 0 Å². The zero-order valence-corrected chi connectivity index (χ0v) is 9.07. The molecule has 4 N–H and O–H groups in total. The summed E-state index contributed by atoms with van der Waals surface area (Å²) < 4.78 is 5.41. The van der Waals surface area contributed by atoms with E-state index in [1.165, 1.54) is 0 Å². The first-order valence-electron chi connectivity index (χ1n) is 4.16. The van der Waals surface area contributed by atoms with Crippen LogP contribution in [0, 0.1) is 0 Å². The van der Waals surface area contributed by atoms with Crippen molar-refractivity contribution >= 4 is 29.7 Å². The predicted octanol–water partition coefficient (Wildman–Crippen LogP) is 2.13. The monoisotopic (exact) mass is 234 g/mol. The van der Waals surface area contributed by atoms with E-state index in [1.807, 2.05) is 0 Å². The molecule has 0 saturated heterocycles. The Balaban J connectivity index is 0.000000980. The van der Waals surface area contributed by atoms with E-state index in [4.69, 9.17) is 27.8 Å². The molecule has 0 saturated carbocycles. The second-order valence-electron chi connectivity index (χ2n) is 3.12. The first-order valence-corrected chi connectivity index (χ1v) is 4.54. The van der Waals surface area contributed by atoms with Crippen LogP contribution in [0.15, 0.2) is 12.1 Å². The molecule has 0 spiro atoms. The third-order valence-electron chi connectivity index (χ3n) is 2.23. The van der Waals surface area contributed by atoms with E-state index in [1.54, 1.807) is 12.1 Å². The maximum absolute atomic E-state index is 5.94. The number of halogens is 2. The van der Waals surface area contributed by atoms with E-state index >= 15 is 0 Å². The molecule has 1 aliphatic rings. The van der Waals surface area contributed by atoms with Crippen LogP contribution in [0.25, 0.3) is 0 Å². The fourth-order valence-corrected chi connectivity index (χ4v) is 1.77. The predicted molar refractivity (Wildman–Crippen MR) is 60.2 cm³/mol. The zero-order chi connectivity index (χ0) is 9.42. The van der Waals surface area contributed by atoms with Gasteiger partial charge in [0.25, 0.3) is 0 Å². The summed E-state index contributed by atoms with van der Waals surface area (Å²) in [5.41, 5.74) is 13.2. The Kier molecular flexibility index (Phi) is 3.48. The number of anilines is 1. The highest BCUT2D eigenvalue weighted by Gasteiger charge is 2.22. The second-order valence-corrected chi connectivity index (χ2v) is 3.53. The number of nitrogen functional groups attached to an aromatic ring is 1. The molecule has 3 nitrogen and oxygen atoms in total. The lowest BCUT2D eigenvalue weighted by Gasteiger charge is -2.25. The van der Waals surface area contributed by atoms with Crippen molar-refractivity contribution in [1.29, 1.82) is 0 Å². The maximum Gasteiger partial charge on any atom is 0.144 e. The van der Waals surface area contributed by atoms with Gasteiger partial charge in [0, 0.05) is 23.7 Å². The second kappa shape index (κ2) is 4.26. The number of ether oxygens (including phenoxy) is 1. The summed E-state index contributed by atoms with van der Waals surface area (Å²) in [6.45, 7) is 0.608. The molecule has 2 rings (SSSR count). The smallest absolute Gasteiger partial charge is 0.144 e. The molecule has 0 unspecified atom stereocenters. The van der Waals surface area contributed by atoms with Gasteiger partial charge in [-0.05, 0) is 12.1 Å². The summed E-state index contributed by atoms with van der Waals surface area (Å²) in [7, 11) is 0. The highest BCUT2D eigenvalue weighted by molar-refractivity contribution is 6.32. The molecular formula is C9H12Cl2N2O. The summed E-state index contributed by atoms with van der Waals surface area (Å²) >= 11 is 5.94. The van der Waals surface area contributed by atoms with Crippen LogP contribution in [-0.4, -0.2) is 6.61 Å². The fraction of sp³-hybridized carbons (Fsp3) is 0.333. The Bertz CT molecular complexity index is 344. The lowest BCUT2D eigenvalue weighted by Crippen LogP contribution is -2.22. The van der Waals surface area contributed by atoms with Crippen LogP contribution in [0.1, 0.15) is 18.0 Å². The van der Waals surface area contributed by atoms with E-state index in [-0.39, 0.29) is 18.4 Å². The normalized spacial score (nSPS) is 19.1. The van der Waals surface area contributed by atoms with Crippen LogP contribution in [-0.2, 0) is 0 Å².